The molecule has 1 rings (SSSR count). The molecule has 1 aromatic rings. The number of aliphatic hydroxyl groups is 1. The number of anilines is 2. The van der Waals surface area contributed by atoms with Crippen molar-refractivity contribution in [1.29, 1.82) is 0 Å². The number of amides is 1. The van der Waals surface area contributed by atoms with Crippen molar-refractivity contribution in [3.8, 4) is 0 Å². The van der Waals surface area contributed by atoms with E-state index in [0.717, 1.165) is 5.56 Å². The van der Waals surface area contributed by atoms with Crippen molar-refractivity contribution in [2.45, 2.75) is 26.4 Å². The third-order valence-electron chi connectivity index (χ3n) is 2.64. The molecule has 0 atom stereocenters. The average molecular weight is 265 g/mol. The zero-order valence-electron chi connectivity index (χ0n) is 12.0. The van der Waals surface area contributed by atoms with Gasteiger partial charge in [0.1, 0.15) is 0 Å². The van der Waals surface area contributed by atoms with Crippen LogP contribution in [0.5, 0.6) is 0 Å². The summed E-state index contributed by atoms with van der Waals surface area (Å²) in [5, 5.41) is 12.5. The molecule has 0 aliphatic heterocycles. The van der Waals surface area contributed by atoms with Crippen LogP contribution in [0.4, 0.5) is 11.4 Å². The number of carbonyl (C=O) groups excluding carboxylic acids is 1. The largest absolute Gasteiger partial charge is 0.397 e. The Morgan fingerprint density at radius 3 is 2.63 bits per heavy atom. The number of hydrogen-bond acceptors (Lipinski definition) is 4. The molecule has 0 saturated carbocycles. The van der Waals surface area contributed by atoms with Crippen LogP contribution in [-0.4, -0.2) is 41.7 Å². The topological polar surface area (TPSA) is 78.6 Å². The summed E-state index contributed by atoms with van der Waals surface area (Å²) in [6, 6.07) is 5.50. The van der Waals surface area contributed by atoms with Crippen LogP contribution in [0.3, 0.4) is 0 Å². The molecule has 4 N–H and O–H groups in total. The summed E-state index contributed by atoms with van der Waals surface area (Å²) in [5.41, 5.74) is 7.15. The van der Waals surface area contributed by atoms with E-state index in [1.165, 1.54) is 0 Å². The maximum absolute atomic E-state index is 11.9. The van der Waals surface area contributed by atoms with Crippen LogP contribution >= 0.6 is 0 Å². The number of carbonyl (C=O) groups is 1. The van der Waals surface area contributed by atoms with Crippen LogP contribution < -0.4 is 11.1 Å². The van der Waals surface area contributed by atoms with Gasteiger partial charge in [-0.15, -0.1) is 0 Å². The van der Waals surface area contributed by atoms with Crippen molar-refractivity contribution in [1.82, 2.24) is 4.90 Å². The van der Waals surface area contributed by atoms with Crippen molar-refractivity contribution in [3.05, 3.63) is 23.8 Å². The Bertz CT molecular complexity index is 432. The molecule has 0 unspecified atom stereocenters. The molecule has 0 bridgehead atoms. The fourth-order valence-electron chi connectivity index (χ4n) is 2.00. The second-order valence-corrected chi connectivity index (χ2v) is 5.57. The zero-order valence-corrected chi connectivity index (χ0v) is 12.0. The number of rotatable bonds is 5. The number of hydrogen-bond donors (Lipinski definition) is 3. The molecule has 5 nitrogen and oxygen atoms in total. The summed E-state index contributed by atoms with van der Waals surface area (Å²) in [4.78, 5) is 13.7. The van der Waals surface area contributed by atoms with E-state index in [9.17, 15) is 9.90 Å². The standard InChI is InChI=1S/C14H23N3O2/c1-10-6-5-7-11(15)13(10)16-12(18)8-17(4)9-14(2,3)19/h5-7,19H,8-9,15H2,1-4H3,(H,16,18). The number of nitrogens with one attached hydrogen (secondary N) is 1. The number of nitrogen functional groups attached to an aromatic ring is 1. The SMILES string of the molecule is Cc1cccc(N)c1NC(=O)CN(C)CC(C)(C)O. The third kappa shape index (κ3) is 5.28. The first-order valence-corrected chi connectivity index (χ1v) is 6.25. The third-order valence-corrected chi connectivity index (χ3v) is 2.64. The maximum Gasteiger partial charge on any atom is 0.238 e. The highest BCUT2D eigenvalue weighted by Crippen LogP contribution is 2.22. The van der Waals surface area contributed by atoms with Crippen LogP contribution in [0.2, 0.25) is 0 Å². The van der Waals surface area contributed by atoms with Crippen LogP contribution in [0, 0.1) is 6.92 Å². The first kappa shape index (κ1) is 15.5. The second kappa shape index (κ2) is 6.04. The minimum atomic E-state index is -0.823. The molecule has 19 heavy (non-hydrogen) atoms. The Kier molecular flexibility index (Phi) is 4.91. The predicted molar refractivity (Wildman–Crippen MR) is 78.0 cm³/mol. The van der Waals surface area contributed by atoms with Gasteiger partial charge in [0.25, 0.3) is 0 Å². The van der Waals surface area contributed by atoms with Gasteiger partial charge in [-0.3, -0.25) is 9.69 Å². The van der Waals surface area contributed by atoms with E-state index in [1.54, 1.807) is 31.9 Å². The first-order valence-electron chi connectivity index (χ1n) is 6.25. The molecule has 0 aromatic heterocycles. The van der Waals surface area contributed by atoms with Gasteiger partial charge in [-0.1, -0.05) is 12.1 Å². The number of nitrogens with two attached hydrogens (primary N) is 1. The molecule has 0 fully saturated rings. The molecule has 0 saturated heterocycles. The Labute approximate surface area is 114 Å². The molecular formula is C14H23N3O2. The van der Waals surface area contributed by atoms with Gasteiger partial charge < -0.3 is 16.2 Å². The van der Waals surface area contributed by atoms with Gasteiger partial charge in [0, 0.05) is 6.54 Å². The number of nitrogens with zero attached hydrogens (tertiary/aromatic N) is 1. The van der Waals surface area contributed by atoms with E-state index in [1.807, 2.05) is 19.1 Å². The van der Waals surface area contributed by atoms with E-state index < -0.39 is 5.60 Å². The smallest absolute Gasteiger partial charge is 0.238 e. The van der Waals surface area contributed by atoms with Gasteiger partial charge in [0.2, 0.25) is 5.91 Å². The summed E-state index contributed by atoms with van der Waals surface area (Å²) in [5.74, 6) is -0.146. The summed E-state index contributed by atoms with van der Waals surface area (Å²) in [7, 11) is 1.79. The molecule has 0 spiro atoms. The Hall–Kier alpha value is -1.59. The van der Waals surface area contributed by atoms with E-state index in [2.05, 4.69) is 5.32 Å². The summed E-state index contributed by atoms with van der Waals surface area (Å²) in [6.45, 7) is 5.94. The Morgan fingerprint density at radius 2 is 2.11 bits per heavy atom. The minimum Gasteiger partial charge on any atom is -0.397 e. The van der Waals surface area contributed by atoms with Crippen LogP contribution in [-0.2, 0) is 4.79 Å². The van der Waals surface area contributed by atoms with Crippen molar-refractivity contribution in [2.24, 2.45) is 0 Å². The number of aryl methyl sites for hydroxylation is 1. The van der Waals surface area contributed by atoms with Gasteiger partial charge in [-0.25, -0.2) is 0 Å². The highest BCUT2D eigenvalue weighted by molar-refractivity contribution is 5.96. The molecule has 106 valence electrons. The number of para-hydroxylation sites is 1. The van der Waals surface area contributed by atoms with Crippen molar-refractivity contribution < 1.29 is 9.90 Å². The minimum absolute atomic E-state index is 0.146. The van der Waals surface area contributed by atoms with Crippen LogP contribution in [0.1, 0.15) is 19.4 Å². The lowest BCUT2D eigenvalue weighted by atomic mass is 10.1. The highest BCUT2D eigenvalue weighted by Gasteiger charge is 2.17. The van der Waals surface area contributed by atoms with Gasteiger partial charge in [0.15, 0.2) is 0 Å². The summed E-state index contributed by atoms with van der Waals surface area (Å²) in [6.07, 6.45) is 0. The lowest BCUT2D eigenvalue weighted by molar-refractivity contribution is -0.117. The fourth-order valence-corrected chi connectivity index (χ4v) is 2.00. The fraction of sp³-hybridized carbons (Fsp3) is 0.500. The average Bonchev–Trinajstić information content (AvgIpc) is 2.20. The van der Waals surface area contributed by atoms with Gasteiger partial charge in [0.05, 0.1) is 23.5 Å². The molecule has 0 radical (unpaired) electrons. The van der Waals surface area contributed by atoms with Crippen molar-refractivity contribution >= 4 is 17.3 Å². The molecule has 0 aliphatic carbocycles. The maximum atomic E-state index is 11.9. The van der Waals surface area contributed by atoms with Crippen LogP contribution in [0.25, 0.3) is 0 Å². The zero-order chi connectivity index (χ0) is 14.6. The Morgan fingerprint density at radius 1 is 1.47 bits per heavy atom. The molecule has 5 heteroatoms. The van der Waals surface area contributed by atoms with Gasteiger partial charge in [-0.2, -0.15) is 0 Å². The summed E-state index contributed by atoms with van der Waals surface area (Å²) >= 11 is 0. The van der Waals surface area contributed by atoms with E-state index >= 15 is 0 Å². The molecular weight excluding hydrogens is 242 g/mol. The normalized spacial score (nSPS) is 11.7. The monoisotopic (exact) mass is 265 g/mol. The van der Waals surface area contributed by atoms with Gasteiger partial charge in [-0.05, 0) is 39.4 Å². The Balaban J connectivity index is 2.61. The van der Waals surface area contributed by atoms with E-state index in [-0.39, 0.29) is 12.5 Å². The van der Waals surface area contributed by atoms with Crippen molar-refractivity contribution in [2.75, 3.05) is 31.2 Å². The second-order valence-electron chi connectivity index (χ2n) is 5.57. The number of benzene rings is 1. The lowest BCUT2D eigenvalue weighted by Crippen LogP contribution is -2.40. The predicted octanol–water partition coefficient (Wildman–Crippen LogP) is 1.22. The van der Waals surface area contributed by atoms with Crippen LogP contribution in [0.15, 0.2) is 18.2 Å². The molecule has 0 heterocycles. The first-order chi connectivity index (χ1) is 8.69. The van der Waals surface area contributed by atoms with E-state index in [0.29, 0.717) is 17.9 Å². The lowest BCUT2D eigenvalue weighted by Gasteiger charge is -2.25. The van der Waals surface area contributed by atoms with Gasteiger partial charge >= 0.3 is 0 Å². The summed E-state index contributed by atoms with van der Waals surface area (Å²) < 4.78 is 0. The molecule has 0 aliphatic rings. The molecule has 1 amide bonds. The highest BCUT2D eigenvalue weighted by atomic mass is 16.3. The number of likely N-dealkylation sites (N-methyl/N-ethyl adjacent to an activating group) is 1. The molecule has 1 aromatic carbocycles. The van der Waals surface area contributed by atoms with Crippen molar-refractivity contribution in [3.63, 3.8) is 0 Å². The quantitative estimate of drug-likeness (QED) is 0.699. The van der Waals surface area contributed by atoms with E-state index in [4.69, 9.17) is 5.73 Å².